The smallest absolute Gasteiger partial charge is 0.220 e. The van der Waals surface area contributed by atoms with Gasteiger partial charge >= 0.3 is 0 Å². The van der Waals surface area contributed by atoms with Gasteiger partial charge in [-0.2, -0.15) is 0 Å². The maximum atomic E-state index is 13.3. The fourth-order valence-corrected chi connectivity index (χ4v) is 12.4. The molecule has 0 aliphatic carbocycles. The first-order chi connectivity index (χ1) is 41.6. The molecule has 85 heavy (non-hydrogen) atoms. The molecule has 2 fully saturated rings. The number of allylic oxidation sites excluding steroid dienone is 1. The molecule has 12 atom stereocenters. The largest absolute Gasteiger partial charge is 0.394 e. The van der Waals surface area contributed by atoms with Gasteiger partial charge < -0.3 is 65.1 Å². The number of aliphatic hydroxyl groups is 8. The van der Waals surface area contributed by atoms with Crippen LogP contribution in [0.5, 0.6) is 0 Å². The Labute approximate surface area is 520 Å². The second-order valence-corrected chi connectivity index (χ2v) is 26.1. The van der Waals surface area contributed by atoms with Crippen LogP contribution in [0.4, 0.5) is 0 Å². The summed E-state index contributed by atoms with van der Waals surface area (Å²) in [6, 6.07) is -0.911. The van der Waals surface area contributed by atoms with Crippen LogP contribution in [-0.4, -0.2) is 140 Å². The number of hydrogen-bond acceptors (Lipinski definition) is 13. The molecule has 0 saturated carbocycles. The molecule has 2 saturated heterocycles. The SMILES string of the molecule is CCCCCCCCCCCCCCCCCCCCCCCCCCC/C=C/C(O)C(COC1OC(CO)C(OC2OC(CO)C(O)C(O)C2O)C(O)C1O)NC(=O)CCCCCCCCCCCCCCCCCCCCCCCCCC. The van der Waals surface area contributed by atoms with Crippen LogP contribution in [0.1, 0.15) is 341 Å². The molecule has 9 N–H and O–H groups in total. The van der Waals surface area contributed by atoms with Crippen molar-refractivity contribution in [2.75, 3.05) is 19.8 Å². The summed E-state index contributed by atoms with van der Waals surface area (Å²) in [5.41, 5.74) is 0. The summed E-state index contributed by atoms with van der Waals surface area (Å²) in [6.07, 6.45) is 52.7. The van der Waals surface area contributed by atoms with Gasteiger partial charge in [-0.15, -0.1) is 0 Å². The van der Waals surface area contributed by atoms with Crippen molar-refractivity contribution in [3.8, 4) is 0 Å². The number of hydrogen-bond donors (Lipinski definition) is 9. The highest BCUT2D eigenvalue weighted by Gasteiger charge is 2.51. The standard InChI is InChI=1S/C71H137NO13/c1-3-5-7-9-11-13-15-17-19-21-23-25-27-29-30-31-32-34-36-38-40-42-44-46-48-50-52-54-60(75)59(58-82-70-68(81)66(79)69(62(57-74)84-70)85-71-67(80)65(78)64(77)61(56-73)83-71)72-63(76)55-53-51-49-47-45-43-41-39-37-35-33-28-26-24-22-20-18-16-14-12-10-8-6-4-2/h52,54,59-62,64-71,73-75,77-81H,3-51,53,55-58H2,1-2H3,(H,72,76)/b54-52+. The first kappa shape index (κ1) is 79.8. The lowest BCUT2D eigenvalue weighted by atomic mass is 9.97. The van der Waals surface area contributed by atoms with E-state index in [0.29, 0.717) is 0 Å². The molecule has 2 heterocycles. The first-order valence-electron chi connectivity index (χ1n) is 36.4. The van der Waals surface area contributed by atoms with Crippen LogP contribution in [0, 0.1) is 0 Å². The number of unbranched alkanes of at least 4 members (excludes halogenated alkanes) is 48. The molecule has 1 amide bonds. The van der Waals surface area contributed by atoms with Crippen molar-refractivity contribution >= 4 is 5.91 Å². The van der Waals surface area contributed by atoms with E-state index in [1.54, 1.807) is 6.08 Å². The second-order valence-electron chi connectivity index (χ2n) is 26.1. The molecular weight excluding hydrogens is 1070 g/mol. The molecule has 14 nitrogen and oxygen atoms in total. The van der Waals surface area contributed by atoms with Gasteiger partial charge in [-0.25, -0.2) is 0 Å². The van der Waals surface area contributed by atoms with Gasteiger partial charge in [-0.05, 0) is 19.3 Å². The molecular formula is C71H137NO13. The fraction of sp³-hybridized carbons (Fsp3) is 0.958. The summed E-state index contributed by atoms with van der Waals surface area (Å²) in [7, 11) is 0. The zero-order valence-electron chi connectivity index (χ0n) is 54.9. The average Bonchev–Trinajstić information content (AvgIpc) is 3.69. The highest BCUT2D eigenvalue weighted by Crippen LogP contribution is 2.30. The molecule has 0 radical (unpaired) electrons. The van der Waals surface area contributed by atoms with Crippen LogP contribution < -0.4 is 5.32 Å². The topological polar surface area (TPSA) is 228 Å². The molecule has 0 aromatic heterocycles. The molecule has 0 bridgehead atoms. The molecule has 0 aromatic carbocycles. The Hall–Kier alpha value is -1.27. The lowest BCUT2D eigenvalue weighted by molar-refractivity contribution is -0.359. The Kier molecular flexibility index (Phi) is 53.2. The maximum Gasteiger partial charge on any atom is 0.220 e. The number of nitrogens with one attached hydrogen (secondary N) is 1. The lowest BCUT2D eigenvalue weighted by Crippen LogP contribution is -2.65. The van der Waals surface area contributed by atoms with Gasteiger partial charge in [0.25, 0.3) is 0 Å². The zero-order valence-corrected chi connectivity index (χ0v) is 54.9. The molecule has 0 spiro atoms. The van der Waals surface area contributed by atoms with Crippen molar-refractivity contribution in [1.82, 2.24) is 5.32 Å². The summed E-state index contributed by atoms with van der Waals surface area (Å²) < 4.78 is 22.9. The minimum Gasteiger partial charge on any atom is -0.394 e. The van der Waals surface area contributed by atoms with Gasteiger partial charge in [0.15, 0.2) is 12.6 Å². The summed E-state index contributed by atoms with van der Waals surface area (Å²) in [4.78, 5) is 13.3. The van der Waals surface area contributed by atoms with E-state index in [4.69, 9.17) is 18.9 Å². The fourth-order valence-electron chi connectivity index (χ4n) is 12.4. The number of carbonyl (C=O) groups excluding carboxylic acids is 1. The van der Waals surface area contributed by atoms with Crippen LogP contribution in [0.15, 0.2) is 12.2 Å². The van der Waals surface area contributed by atoms with Gasteiger partial charge in [0.1, 0.15) is 48.8 Å². The van der Waals surface area contributed by atoms with Crippen molar-refractivity contribution in [1.29, 1.82) is 0 Å². The number of aliphatic hydroxyl groups excluding tert-OH is 8. The number of rotatable bonds is 61. The van der Waals surface area contributed by atoms with E-state index >= 15 is 0 Å². The zero-order chi connectivity index (χ0) is 61.6. The van der Waals surface area contributed by atoms with E-state index in [1.807, 2.05) is 6.08 Å². The van der Waals surface area contributed by atoms with Crippen molar-refractivity contribution in [2.45, 2.75) is 415 Å². The van der Waals surface area contributed by atoms with E-state index in [0.717, 1.165) is 44.9 Å². The monoisotopic (exact) mass is 1210 g/mol. The highest BCUT2D eigenvalue weighted by molar-refractivity contribution is 5.76. The number of amides is 1. The third-order valence-corrected chi connectivity index (χ3v) is 18.2. The van der Waals surface area contributed by atoms with E-state index in [-0.39, 0.29) is 18.9 Å². The minimum atomic E-state index is -1.79. The normalized spacial score (nSPS) is 23.5. The Balaban J connectivity index is 1.67. The van der Waals surface area contributed by atoms with E-state index < -0.39 is 86.8 Å². The maximum absolute atomic E-state index is 13.3. The van der Waals surface area contributed by atoms with Gasteiger partial charge in [0, 0.05) is 6.42 Å². The summed E-state index contributed by atoms with van der Waals surface area (Å²) >= 11 is 0. The summed E-state index contributed by atoms with van der Waals surface area (Å²) in [6.45, 7) is 2.87. The van der Waals surface area contributed by atoms with Crippen LogP contribution in [0.3, 0.4) is 0 Å². The average molecular weight is 1210 g/mol. The van der Waals surface area contributed by atoms with Gasteiger partial charge in [-0.1, -0.05) is 328 Å². The molecule has 2 rings (SSSR count). The van der Waals surface area contributed by atoms with Crippen LogP contribution >= 0.6 is 0 Å². The minimum absolute atomic E-state index is 0.230. The summed E-state index contributed by atoms with van der Waals surface area (Å²) in [5.74, 6) is -0.230. The molecule has 2 aliphatic heterocycles. The van der Waals surface area contributed by atoms with Gasteiger partial charge in [0.2, 0.25) is 5.91 Å². The van der Waals surface area contributed by atoms with Crippen molar-refractivity contribution < 1.29 is 64.6 Å². The molecule has 504 valence electrons. The number of ether oxygens (including phenoxy) is 4. The Morgan fingerprint density at radius 2 is 0.729 bits per heavy atom. The molecule has 0 aromatic rings. The Bertz CT molecular complexity index is 1470. The lowest BCUT2D eigenvalue weighted by Gasteiger charge is -2.46. The van der Waals surface area contributed by atoms with Crippen LogP contribution in [0.25, 0.3) is 0 Å². The first-order valence-corrected chi connectivity index (χ1v) is 36.4. The summed E-state index contributed by atoms with van der Waals surface area (Å²) in [5, 5.41) is 87.5. The highest BCUT2D eigenvalue weighted by atomic mass is 16.7. The van der Waals surface area contributed by atoms with Crippen molar-refractivity contribution in [3.63, 3.8) is 0 Å². The molecule has 2 aliphatic rings. The van der Waals surface area contributed by atoms with Gasteiger partial charge in [-0.3, -0.25) is 4.79 Å². The van der Waals surface area contributed by atoms with E-state index in [2.05, 4.69) is 19.2 Å². The third kappa shape index (κ3) is 41.0. The Morgan fingerprint density at radius 1 is 0.412 bits per heavy atom. The quantitative estimate of drug-likeness (QED) is 0.0204. The van der Waals surface area contributed by atoms with Crippen LogP contribution in [0.2, 0.25) is 0 Å². The van der Waals surface area contributed by atoms with E-state index in [1.165, 1.54) is 276 Å². The van der Waals surface area contributed by atoms with Gasteiger partial charge in [0.05, 0.1) is 32.0 Å². The predicted molar refractivity (Wildman–Crippen MR) is 346 cm³/mol. The van der Waals surface area contributed by atoms with Crippen molar-refractivity contribution in [2.24, 2.45) is 0 Å². The van der Waals surface area contributed by atoms with E-state index in [9.17, 15) is 45.6 Å². The molecule has 12 unspecified atom stereocenters. The number of carbonyl (C=O) groups is 1. The third-order valence-electron chi connectivity index (χ3n) is 18.2. The second kappa shape index (κ2) is 56.7. The molecule has 14 heteroatoms. The van der Waals surface area contributed by atoms with Crippen molar-refractivity contribution in [3.05, 3.63) is 12.2 Å². The van der Waals surface area contributed by atoms with Crippen LogP contribution in [-0.2, 0) is 23.7 Å². The predicted octanol–water partition coefficient (Wildman–Crippen LogP) is 15.0. The Morgan fingerprint density at radius 3 is 1.08 bits per heavy atom.